The Labute approximate surface area is 116 Å². The number of aliphatic hydroxyl groups excluding tert-OH is 1. The van der Waals surface area contributed by atoms with Crippen LogP contribution >= 0.6 is 27.7 Å². The SMILES string of the molecule is CC(O)c1ccc(Br)cc1N1CCSCC1C. The minimum absolute atomic E-state index is 0.417. The highest BCUT2D eigenvalue weighted by molar-refractivity contribution is 9.10. The fourth-order valence-electron chi connectivity index (χ4n) is 2.20. The number of benzene rings is 1. The van der Waals surface area contributed by atoms with Crippen molar-refractivity contribution in [3.63, 3.8) is 0 Å². The fraction of sp³-hybridized carbons (Fsp3) is 0.538. The second-order valence-electron chi connectivity index (χ2n) is 4.50. The molecule has 1 heterocycles. The molecule has 1 aromatic rings. The summed E-state index contributed by atoms with van der Waals surface area (Å²) in [6, 6.07) is 6.66. The van der Waals surface area contributed by atoms with Crippen molar-refractivity contribution >= 4 is 33.4 Å². The summed E-state index contributed by atoms with van der Waals surface area (Å²) in [6.07, 6.45) is -0.417. The molecule has 2 nitrogen and oxygen atoms in total. The molecule has 1 aliphatic heterocycles. The third kappa shape index (κ3) is 2.98. The van der Waals surface area contributed by atoms with Crippen molar-refractivity contribution in [2.45, 2.75) is 26.0 Å². The third-order valence-corrected chi connectivity index (χ3v) is 4.80. The smallest absolute Gasteiger partial charge is 0.0782 e. The van der Waals surface area contributed by atoms with Gasteiger partial charge in [-0.25, -0.2) is 0 Å². The Morgan fingerprint density at radius 1 is 1.53 bits per heavy atom. The van der Waals surface area contributed by atoms with E-state index in [1.54, 1.807) is 0 Å². The van der Waals surface area contributed by atoms with Gasteiger partial charge in [0, 0.05) is 39.8 Å². The predicted octanol–water partition coefficient (Wildman–Crippen LogP) is 3.44. The molecular formula is C13H18BrNOS. The maximum atomic E-state index is 9.87. The van der Waals surface area contributed by atoms with E-state index in [1.807, 2.05) is 30.8 Å². The molecular weight excluding hydrogens is 298 g/mol. The molecule has 1 aliphatic rings. The summed E-state index contributed by atoms with van der Waals surface area (Å²) in [6.45, 7) is 5.14. The molecule has 0 aliphatic carbocycles. The normalized spacial score (nSPS) is 22.6. The van der Waals surface area contributed by atoms with Crippen LogP contribution in [0.3, 0.4) is 0 Å². The van der Waals surface area contributed by atoms with E-state index in [0.717, 1.165) is 28.1 Å². The molecule has 4 heteroatoms. The molecule has 94 valence electrons. The third-order valence-electron chi connectivity index (χ3n) is 3.12. The zero-order valence-corrected chi connectivity index (χ0v) is 12.6. The van der Waals surface area contributed by atoms with Crippen LogP contribution in [-0.2, 0) is 0 Å². The van der Waals surface area contributed by atoms with Crippen molar-refractivity contribution in [2.75, 3.05) is 23.0 Å². The molecule has 2 unspecified atom stereocenters. The molecule has 0 saturated carbocycles. The van der Waals surface area contributed by atoms with Gasteiger partial charge in [-0.2, -0.15) is 11.8 Å². The lowest BCUT2D eigenvalue weighted by molar-refractivity contribution is 0.199. The lowest BCUT2D eigenvalue weighted by Crippen LogP contribution is -2.41. The molecule has 1 aromatic carbocycles. The van der Waals surface area contributed by atoms with Crippen LogP contribution in [-0.4, -0.2) is 29.2 Å². The van der Waals surface area contributed by atoms with Gasteiger partial charge in [-0.05, 0) is 26.0 Å². The van der Waals surface area contributed by atoms with Gasteiger partial charge in [0.1, 0.15) is 0 Å². The van der Waals surface area contributed by atoms with Crippen molar-refractivity contribution in [1.29, 1.82) is 0 Å². The van der Waals surface area contributed by atoms with Gasteiger partial charge >= 0.3 is 0 Å². The van der Waals surface area contributed by atoms with Gasteiger partial charge in [-0.3, -0.25) is 0 Å². The van der Waals surface area contributed by atoms with Crippen LogP contribution in [0.1, 0.15) is 25.5 Å². The first kappa shape index (κ1) is 13.2. The van der Waals surface area contributed by atoms with Gasteiger partial charge < -0.3 is 10.0 Å². The van der Waals surface area contributed by atoms with Crippen molar-refractivity contribution < 1.29 is 5.11 Å². The lowest BCUT2D eigenvalue weighted by atomic mass is 10.1. The van der Waals surface area contributed by atoms with Crippen LogP contribution in [0, 0.1) is 0 Å². The quantitative estimate of drug-likeness (QED) is 0.904. The van der Waals surface area contributed by atoms with Gasteiger partial charge in [-0.1, -0.05) is 22.0 Å². The Morgan fingerprint density at radius 2 is 2.29 bits per heavy atom. The van der Waals surface area contributed by atoms with E-state index in [2.05, 4.69) is 33.8 Å². The average Bonchev–Trinajstić information content (AvgIpc) is 2.29. The fourth-order valence-corrected chi connectivity index (χ4v) is 3.57. The molecule has 1 N–H and O–H groups in total. The van der Waals surface area contributed by atoms with Crippen LogP contribution in [0.2, 0.25) is 0 Å². The van der Waals surface area contributed by atoms with E-state index in [0.29, 0.717) is 6.04 Å². The van der Waals surface area contributed by atoms with Crippen molar-refractivity contribution in [2.24, 2.45) is 0 Å². The van der Waals surface area contributed by atoms with Crippen LogP contribution in [0.15, 0.2) is 22.7 Å². The first-order chi connectivity index (χ1) is 8.09. The number of aliphatic hydroxyl groups is 1. The number of anilines is 1. The highest BCUT2D eigenvalue weighted by Gasteiger charge is 2.22. The molecule has 2 atom stereocenters. The van der Waals surface area contributed by atoms with Crippen LogP contribution < -0.4 is 4.90 Å². The van der Waals surface area contributed by atoms with Crippen LogP contribution in [0.5, 0.6) is 0 Å². The largest absolute Gasteiger partial charge is 0.389 e. The minimum Gasteiger partial charge on any atom is -0.389 e. The van der Waals surface area contributed by atoms with E-state index in [-0.39, 0.29) is 0 Å². The van der Waals surface area contributed by atoms with Gasteiger partial charge in [0.2, 0.25) is 0 Å². The molecule has 1 saturated heterocycles. The Balaban J connectivity index is 2.37. The molecule has 0 spiro atoms. The molecule has 0 bridgehead atoms. The van der Waals surface area contributed by atoms with Gasteiger partial charge in [0.25, 0.3) is 0 Å². The molecule has 2 rings (SSSR count). The second kappa shape index (κ2) is 5.63. The van der Waals surface area contributed by atoms with Crippen molar-refractivity contribution in [3.8, 4) is 0 Å². The summed E-state index contributed by atoms with van der Waals surface area (Å²) in [4.78, 5) is 2.41. The Bertz CT molecular complexity index is 397. The molecule has 0 aromatic heterocycles. The first-order valence-corrected chi connectivity index (χ1v) is 7.86. The maximum absolute atomic E-state index is 9.87. The predicted molar refractivity (Wildman–Crippen MR) is 78.9 cm³/mol. The summed E-state index contributed by atoms with van der Waals surface area (Å²) in [5.74, 6) is 2.32. The summed E-state index contributed by atoms with van der Waals surface area (Å²) < 4.78 is 1.07. The number of hydrogen-bond donors (Lipinski definition) is 1. The Hall–Kier alpha value is -0.190. The summed E-state index contributed by atoms with van der Waals surface area (Å²) in [5, 5.41) is 9.87. The van der Waals surface area contributed by atoms with Crippen LogP contribution in [0.25, 0.3) is 0 Å². The second-order valence-corrected chi connectivity index (χ2v) is 6.56. The Kier molecular flexibility index (Phi) is 4.39. The topological polar surface area (TPSA) is 23.5 Å². The summed E-state index contributed by atoms with van der Waals surface area (Å²) in [7, 11) is 0. The van der Waals surface area contributed by atoms with E-state index in [9.17, 15) is 5.11 Å². The average molecular weight is 316 g/mol. The zero-order valence-electron chi connectivity index (χ0n) is 10.2. The lowest BCUT2D eigenvalue weighted by Gasteiger charge is -2.36. The highest BCUT2D eigenvalue weighted by atomic mass is 79.9. The summed E-state index contributed by atoms with van der Waals surface area (Å²) >= 11 is 5.52. The number of nitrogens with zero attached hydrogens (tertiary/aromatic N) is 1. The standard InChI is InChI=1S/C13H18BrNOS/c1-9-8-17-6-5-15(9)13-7-11(14)3-4-12(13)10(2)16/h3-4,7,9-10,16H,5-6,8H2,1-2H3. The monoisotopic (exact) mass is 315 g/mol. The molecule has 1 fully saturated rings. The van der Waals surface area contributed by atoms with E-state index < -0.39 is 6.10 Å². The van der Waals surface area contributed by atoms with Gasteiger partial charge in [0.15, 0.2) is 0 Å². The van der Waals surface area contributed by atoms with Crippen molar-refractivity contribution in [3.05, 3.63) is 28.2 Å². The first-order valence-electron chi connectivity index (χ1n) is 5.91. The van der Waals surface area contributed by atoms with Crippen molar-refractivity contribution in [1.82, 2.24) is 0 Å². The maximum Gasteiger partial charge on any atom is 0.0782 e. The molecule has 17 heavy (non-hydrogen) atoms. The highest BCUT2D eigenvalue weighted by Crippen LogP contribution is 2.33. The number of rotatable bonds is 2. The number of thioether (sulfide) groups is 1. The van der Waals surface area contributed by atoms with E-state index >= 15 is 0 Å². The van der Waals surface area contributed by atoms with E-state index in [1.165, 1.54) is 5.69 Å². The minimum atomic E-state index is -0.417. The molecule has 0 amide bonds. The number of hydrogen-bond acceptors (Lipinski definition) is 3. The van der Waals surface area contributed by atoms with Gasteiger partial charge in [-0.15, -0.1) is 0 Å². The van der Waals surface area contributed by atoms with Crippen LogP contribution in [0.4, 0.5) is 5.69 Å². The summed E-state index contributed by atoms with van der Waals surface area (Å²) in [5.41, 5.74) is 2.19. The number of halogens is 1. The molecule has 0 radical (unpaired) electrons. The van der Waals surface area contributed by atoms with Gasteiger partial charge in [0.05, 0.1) is 6.10 Å². The zero-order chi connectivity index (χ0) is 12.4. The Morgan fingerprint density at radius 3 is 2.94 bits per heavy atom. The van der Waals surface area contributed by atoms with E-state index in [4.69, 9.17) is 0 Å².